The van der Waals surface area contributed by atoms with Crippen molar-refractivity contribution in [1.29, 1.82) is 0 Å². The average molecular weight is 503 g/mol. The van der Waals surface area contributed by atoms with Gasteiger partial charge in [-0.3, -0.25) is 9.69 Å². The lowest BCUT2D eigenvalue weighted by molar-refractivity contribution is -0.180. The molecule has 1 aromatic heterocycles. The number of nitrogens with zero attached hydrogens (tertiary/aromatic N) is 4. The number of aromatic nitrogens is 2. The summed E-state index contributed by atoms with van der Waals surface area (Å²) in [6.45, 7) is 9.89. The second-order valence-electron chi connectivity index (χ2n) is 10.8. The summed E-state index contributed by atoms with van der Waals surface area (Å²) >= 11 is 0. The molecule has 37 heavy (non-hydrogen) atoms. The third-order valence-corrected chi connectivity index (χ3v) is 7.47. The molecule has 2 saturated heterocycles. The monoisotopic (exact) mass is 502 g/mol. The van der Waals surface area contributed by atoms with E-state index in [4.69, 9.17) is 9.47 Å². The molecule has 2 fully saturated rings. The van der Waals surface area contributed by atoms with Gasteiger partial charge in [0.15, 0.2) is 0 Å². The Kier molecular flexibility index (Phi) is 7.36. The Balaban J connectivity index is 1.30. The van der Waals surface area contributed by atoms with Crippen molar-refractivity contribution >= 4 is 5.91 Å². The molecule has 1 unspecified atom stereocenters. The summed E-state index contributed by atoms with van der Waals surface area (Å²) < 4.78 is 14.7. The minimum absolute atomic E-state index is 0.0756. The van der Waals surface area contributed by atoms with E-state index in [2.05, 4.69) is 44.8 Å². The van der Waals surface area contributed by atoms with Gasteiger partial charge in [-0.05, 0) is 62.9 Å². The number of rotatable bonds is 6. The lowest BCUT2D eigenvalue weighted by Gasteiger charge is -2.50. The van der Waals surface area contributed by atoms with Crippen molar-refractivity contribution in [2.24, 2.45) is 7.05 Å². The van der Waals surface area contributed by atoms with Crippen LogP contribution in [0.15, 0.2) is 60.9 Å². The number of amides is 1. The molecular weight excluding hydrogens is 464 g/mol. The van der Waals surface area contributed by atoms with Crippen LogP contribution in [-0.4, -0.2) is 63.1 Å². The highest BCUT2D eigenvalue weighted by Gasteiger charge is 2.45. The predicted molar refractivity (Wildman–Crippen MR) is 144 cm³/mol. The SMILES string of the molecule is Cc1cc(C(=O)N2CCC3(CC2)CN(Cc2ccccc2)CC(c2nccn2C)O3)ccc1OC(C)C. The third kappa shape index (κ3) is 5.73. The van der Waals surface area contributed by atoms with Gasteiger partial charge in [0.2, 0.25) is 0 Å². The first-order valence-electron chi connectivity index (χ1n) is 13.3. The normalized spacial score (nSPS) is 19.9. The molecule has 2 aromatic carbocycles. The molecule has 1 spiro atoms. The number of carbonyl (C=O) groups excluding carboxylic acids is 1. The number of ether oxygens (including phenoxy) is 2. The van der Waals surface area contributed by atoms with E-state index in [-0.39, 0.29) is 23.7 Å². The van der Waals surface area contributed by atoms with Crippen molar-refractivity contribution < 1.29 is 14.3 Å². The number of benzene rings is 2. The van der Waals surface area contributed by atoms with Crippen LogP contribution in [0.5, 0.6) is 5.75 Å². The minimum atomic E-state index is -0.300. The molecule has 3 aromatic rings. The van der Waals surface area contributed by atoms with Gasteiger partial charge in [-0.2, -0.15) is 0 Å². The molecule has 3 heterocycles. The van der Waals surface area contributed by atoms with Crippen molar-refractivity contribution in [3.05, 3.63) is 83.4 Å². The molecule has 0 aliphatic carbocycles. The summed E-state index contributed by atoms with van der Waals surface area (Å²) in [6.07, 6.45) is 5.42. The molecule has 2 aliphatic heterocycles. The summed E-state index contributed by atoms with van der Waals surface area (Å²) in [6, 6.07) is 16.3. The first-order chi connectivity index (χ1) is 17.8. The second kappa shape index (κ2) is 10.7. The zero-order valence-electron chi connectivity index (χ0n) is 22.4. The van der Waals surface area contributed by atoms with E-state index >= 15 is 0 Å². The van der Waals surface area contributed by atoms with Gasteiger partial charge in [-0.15, -0.1) is 0 Å². The van der Waals surface area contributed by atoms with Crippen LogP contribution in [0.4, 0.5) is 0 Å². The summed E-state index contributed by atoms with van der Waals surface area (Å²) in [4.78, 5) is 22.5. The van der Waals surface area contributed by atoms with Gasteiger partial charge >= 0.3 is 0 Å². The van der Waals surface area contributed by atoms with Crippen molar-refractivity contribution in [3.63, 3.8) is 0 Å². The van der Waals surface area contributed by atoms with E-state index in [9.17, 15) is 4.79 Å². The van der Waals surface area contributed by atoms with Crippen molar-refractivity contribution in [1.82, 2.24) is 19.4 Å². The number of hydrogen-bond acceptors (Lipinski definition) is 5. The highest BCUT2D eigenvalue weighted by molar-refractivity contribution is 5.94. The number of carbonyl (C=O) groups is 1. The number of imidazole rings is 1. The number of hydrogen-bond donors (Lipinski definition) is 0. The number of morpholine rings is 1. The molecule has 196 valence electrons. The summed E-state index contributed by atoms with van der Waals surface area (Å²) in [5, 5.41) is 0. The van der Waals surface area contributed by atoms with Crippen molar-refractivity contribution in [2.75, 3.05) is 26.2 Å². The third-order valence-electron chi connectivity index (χ3n) is 7.47. The Morgan fingerprint density at radius 3 is 2.57 bits per heavy atom. The summed E-state index contributed by atoms with van der Waals surface area (Å²) in [5.74, 6) is 1.86. The number of aryl methyl sites for hydroxylation is 2. The number of likely N-dealkylation sites (tertiary alicyclic amines) is 1. The highest BCUT2D eigenvalue weighted by Crippen LogP contribution is 2.38. The van der Waals surface area contributed by atoms with Crippen LogP contribution in [0.1, 0.15) is 60.1 Å². The van der Waals surface area contributed by atoms with Gasteiger partial charge in [-0.1, -0.05) is 30.3 Å². The average Bonchev–Trinajstić information content (AvgIpc) is 3.31. The predicted octanol–water partition coefficient (Wildman–Crippen LogP) is 4.76. The molecule has 5 rings (SSSR count). The second-order valence-corrected chi connectivity index (χ2v) is 10.8. The fourth-order valence-electron chi connectivity index (χ4n) is 5.61. The van der Waals surface area contributed by atoms with Crippen LogP contribution >= 0.6 is 0 Å². The fraction of sp³-hybridized carbons (Fsp3) is 0.467. The van der Waals surface area contributed by atoms with Gasteiger partial charge in [0.25, 0.3) is 5.91 Å². The molecule has 0 N–H and O–H groups in total. The molecule has 0 radical (unpaired) electrons. The summed E-state index contributed by atoms with van der Waals surface area (Å²) in [7, 11) is 2.02. The molecule has 0 bridgehead atoms. The minimum Gasteiger partial charge on any atom is -0.491 e. The fourth-order valence-corrected chi connectivity index (χ4v) is 5.61. The van der Waals surface area contributed by atoms with Gasteiger partial charge in [0, 0.05) is 57.7 Å². The van der Waals surface area contributed by atoms with E-state index in [1.54, 1.807) is 0 Å². The van der Waals surface area contributed by atoms with E-state index < -0.39 is 0 Å². The van der Waals surface area contributed by atoms with Gasteiger partial charge in [-0.25, -0.2) is 4.98 Å². The lowest BCUT2D eigenvalue weighted by atomic mass is 9.88. The van der Waals surface area contributed by atoms with Crippen LogP contribution < -0.4 is 4.74 Å². The van der Waals surface area contributed by atoms with Crippen LogP contribution in [0.2, 0.25) is 0 Å². The van der Waals surface area contributed by atoms with Gasteiger partial charge < -0.3 is 18.9 Å². The Bertz CT molecular complexity index is 1210. The van der Waals surface area contributed by atoms with Crippen LogP contribution in [0.3, 0.4) is 0 Å². The molecule has 7 heteroatoms. The highest BCUT2D eigenvalue weighted by atomic mass is 16.5. The molecule has 1 amide bonds. The quantitative estimate of drug-likeness (QED) is 0.486. The molecule has 1 atom stereocenters. The lowest BCUT2D eigenvalue weighted by Crippen LogP contribution is -2.58. The first-order valence-corrected chi connectivity index (χ1v) is 13.3. The maximum absolute atomic E-state index is 13.4. The van der Waals surface area contributed by atoms with Gasteiger partial charge in [0.05, 0.1) is 11.7 Å². The van der Waals surface area contributed by atoms with Crippen LogP contribution in [0.25, 0.3) is 0 Å². The Labute approximate surface area is 220 Å². The van der Waals surface area contributed by atoms with E-state index in [0.29, 0.717) is 18.7 Å². The number of piperidine rings is 1. The maximum Gasteiger partial charge on any atom is 0.253 e. The molecule has 2 aliphatic rings. The maximum atomic E-state index is 13.4. The zero-order valence-corrected chi connectivity index (χ0v) is 22.4. The van der Waals surface area contributed by atoms with Crippen LogP contribution in [-0.2, 0) is 18.3 Å². The van der Waals surface area contributed by atoms with E-state index in [1.807, 2.05) is 63.3 Å². The van der Waals surface area contributed by atoms with E-state index in [1.165, 1.54) is 5.56 Å². The molecular formula is C30H38N4O3. The largest absolute Gasteiger partial charge is 0.491 e. The first kappa shape index (κ1) is 25.5. The molecule has 0 saturated carbocycles. The van der Waals surface area contributed by atoms with E-state index in [0.717, 1.165) is 49.6 Å². The van der Waals surface area contributed by atoms with Crippen LogP contribution in [0, 0.1) is 6.92 Å². The van der Waals surface area contributed by atoms with Crippen molar-refractivity contribution in [3.8, 4) is 5.75 Å². The Morgan fingerprint density at radius 1 is 1.16 bits per heavy atom. The topological polar surface area (TPSA) is 59.8 Å². The smallest absolute Gasteiger partial charge is 0.253 e. The molecule has 7 nitrogen and oxygen atoms in total. The standard InChI is InChI=1S/C30H38N4O3/c1-22(2)36-26-11-10-25(18-23(26)3)29(35)34-15-12-30(13-16-34)21-33(19-24-8-6-5-7-9-24)20-27(37-30)28-31-14-17-32(28)4/h5-11,14,17-18,22,27H,12-13,15-16,19-21H2,1-4H3. The Morgan fingerprint density at radius 2 is 1.92 bits per heavy atom. The van der Waals surface area contributed by atoms with Gasteiger partial charge in [0.1, 0.15) is 17.7 Å². The van der Waals surface area contributed by atoms with Crippen molar-refractivity contribution in [2.45, 2.75) is 58.0 Å². The Hall–Kier alpha value is -3.16. The zero-order chi connectivity index (χ0) is 26.0. The summed E-state index contributed by atoms with van der Waals surface area (Å²) in [5.41, 5.74) is 2.69.